The van der Waals surface area contributed by atoms with Gasteiger partial charge in [-0.3, -0.25) is 0 Å². The van der Waals surface area contributed by atoms with E-state index in [9.17, 15) is 4.39 Å². The second kappa shape index (κ2) is 5.85. The van der Waals surface area contributed by atoms with Crippen LogP contribution >= 0.6 is 0 Å². The quantitative estimate of drug-likeness (QED) is 0.387. The molecule has 2 nitrogen and oxygen atoms in total. The molecule has 0 aromatic rings. The molecule has 0 rings (SSSR count). The van der Waals surface area contributed by atoms with E-state index in [4.69, 9.17) is 0 Å². The Bertz CT molecular complexity index is 28.9. The maximum Gasteiger partial charge on any atom is 0.146 e. The van der Waals surface area contributed by atoms with Gasteiger partial charge < -0.3 is 9.47 Å². The van der Waals surface area contributed by atoms with Crippen molar-refractivity contribution in [2.24, 2.45) is 0 Å². The number of hydrogen-bond acceptors (Lipinski definition) is 2. The van der Waals surface area contributed by atoms with Crippen LogP contribution in [0.1, 0.15) is 0 Å². The van der Waals surface area contributed by atoms with Crippen molar-refractivity contribution in [2.75, 3.05) is 27.2 Å². The molecule has 0 unspecified atom stereocenters. The van der Waals surface area contributed by atoms with Crippen molar-refractivity contribution < 1.29 is 13.9 Å². The predicted octanol–water partition coefficient (Wildman–Crippen LogP) is 0.576. The highest BCUT2D eigenvalue weighted by molar-refractivity contribution is 4.16. The summed E-state index contributed by atoms with van der Waals surface area (Å²) in [6, 6.07) is 0. The monoisotopic (exact) mass is 108 g/mol. The minimum absolute atomic E-state index is 0.133. The predicted molar refractivity (Wildman–Crippen MR) is 23.8 cm³/mol. The Hall–Kier alpha value is -0.150. The second-order valence-electron chi connectivity index (χ2n) is 1.00. The lowest BCUT2D eigenvalue weighted by atomic mass is 10.8. The molecule has 0 saturated carbocycles. The van der Waals surface area contributed by atoms with Crippen LogP contribution in [0, 0.1) is 0 Å². The maximum absolute atomic E-state index is 11.1. The Morgan fingerprint density at radius 2 is 2.29 bits per heavy atom. The van der Waals surface area contributed by atoms with Gasteiger partial charge in [0.05, 0.1) is 6.61 Å². The first-order valence-electron chi connectivity index (χ1n) is 2.04. The van der Waals surface area contributed by atoms with Gasteiger partial charge in [0.15, 0.2) is 0 Å². The molecule has 0 N–H and O–H groups in total. The second-order valence-corrected chi connectivity index (χ2v) is 1.00. The molecule has 0 aromatic carbocycles. The van der Waals surface area contributed by atoms with Gasteiger partial charge in [-0.25, -0.2) is 4.39 Å². The highest BCUT2D eigenvalue weighted by Gasteiger charge is 1.79. The molecule has 0 heterocycles. The summed E-state index contributed by atoms with van der Waals surface area (Å²) in [7, 11) is 1.50. The maximum atomic E-state index is 11.1. The zero-order valence-electron chi connectivity index (χ0n) is 4.32. The van der Waals surface area contributed by atoms with Crippen molar-refractivity contribution in [1.29, 1.82) is 0 Å². The molecule has 3 heteroatoms. The fraction of sp³-hybridized carbons (Fsp3) is 1.00. The van der Waals surface area contributed by atoms with E-state index in [0.29, 0.717) is 0 Å². The molecule has 0 aliphatic rings. The van der Waals surface area contributed by atoms with Gasteiger partial charge in [0.1, 0.15) is 13.5 Å². The molecule has 0 radical (unpaired) electrons. The van der Waals surface area contributed by atoms with E-state index < -0.39 is 6.67 Å². The lowest BCUT2D eigenvalue weighted by Crippen LogP contribution is -1.98. The summed E-state index contributed by atoms with van der Waals surface area (Å²) in [5.74, 6) is 0. The Morgan fingerprint density at radius 3 is 2.71 bits per heavy atom. The van der Waals surface area contributed by atoms with E-state index in [0.717, 1.165) is 0 Å². The van der Waals surface area contributed by atoms with Gasteiger partial charge in [0.25, 0.3) is 0 Å². The van der Waals surface area contributed by atoms with Crippen LogP contribution in [-0.4, -0.2) is 27.2 Å². The fourth-order valence-electron chi connectivity index (χ4n) is 0.197. The van der Waals surface area contributed by atoms with Gasteiger partial charge >= 0.3 is 0 Å². The molecule has 0 aliphatic carbocycles. The lowest BCUT2D eigenvalue weighted by Gasteiger charge is -1.95. The molecule has 0 atom stereocenters. The lowest BCUT2D eigenvalue weighted by molar-refractivity contribution is -0.0341. The Kier molecular flexibility index (Phi) is 5.72. The molecule has 44 valence electrons. The summed E-state index contributed by atoms with van der Waals surface area (Å²) in [6.07, 6.45) is 0. The molecule has 0 amide bonds. The van der Waals surface area contributed by atoms with E-state index >= 15 is 0 Å². The normalized spacial score (nSPS) is 9.43. The van der Waals surface area contributed by atoms with Crippen LogP contribution in [0.2, 0.25) is 0 Å². The zero-order chi connectivity index (χ0) is 5.54. The third kappa shape index (κ3) is 5.85. The van der Waals surface area contributed by atoms with Gasteiger partial charge in [-0.2, -0.15) is 0 Å². The van der Waals surface area contributed by atoms with Gasteiger partial charge in [-0.05, 0) is 0 Å². The van der Waals surface area contributed by atoms with Crippen LogP contribution < -0.4 is 0 Å². The van der Waals surface area contributed by atoms with E-state index in [-0.39, 0.29) is 13.4 Å². The zero-order valence-corrected chi connectivity index (χ0v) is 4.32. The number of ether oxygens (including phenoxy) is 2. The molecule has 7 heavy (non-hydrogen) atoms. The van der Waals surface area contributed by atoms with E-state index in [1.165, 1.54) is 7.11 Å². The number of hydrogen-bond donors (Lipinski definition) is 0. The van der Waals surface area contributed by atoms with Crippen LogP contribution in [-0.2, 0) is 9.47 Å². The highest BCUT2D eigenvalue weighted by Crippen LogP contribution is 1.73. The van der Waals surface area contributed by atoms with Crippen LogP contribution in [0.15, 0.2) is 0 Å². The average molecular weight is 108 g/mol. The molecule has 0 aromatic heterocycles. The summed E-state index contributed by atoms with van der Waals surface area (Å²) in [4.78, 5) is 0. The fourth-order valence-corrected chi connectivity index (χ4v) is 0.197. The van der Waals surface area contributed by atoms with E-state index in [2.05, 4.69) is 9.47 Å². The first-order valence-corrected chi connectivity index (χ1v) is 2.04. The average Bonchev–Trinajstić information content (AvgIpc) is 1.69. The van der Waals surface area contributed by atoms with Crippen molar-refractivity contribution in [3.8, 4) is 0 Å². The highest BCUT2D eigenvalue weighted by atomic mass is 19.1. The van der Waals surface area contributed by atoms with Crippen molar-refractivity contribution in [3.63, 3.8) is 0 Å². The number of methoxy groups -OCH3 is 1. The van der Waals surface area contributed by atoms with Gasteiger partial charge in [0, 0.05) is 7.11 Å². The van der Waals surface area contributed by atoms with Crippen molar-refractivity contribution in [1.82, 2.24) is 0 Å². The Morgan fingerprint density at radius 1 is 1.57 bits per heavy atom. The first kappa shape index (κ1) is 6.85. The Balaban J connectivity index is 2.45. The minimum atomic E-state index is -0.441. The van der Waals surface area contributed by atoms with Crippen molar-refractivity contribution in [2.45, 2.75) is 0 Å². The molecule has 0 bridgehead atoms. The van der Waals surface area contributed by atoms with E-state index in [1.807, 2.05) is 0 Å². The molecule has 0 spiro atoms. The molecule has 0 saturated heterocycles. The van der Waals surface area contributed by atoms with Crippen LogP contribution in [0.25, 0.3) is 0 Å². The van der Waals surface area contributed by atoms with Crippen LogP contribution in [0.4, 0.5) is 4.39 Å². The SMILES string of the molecule is COCOCCF. The smallest absolute Gasteiger partial charge is 0.146 e. The van der Waals surface area contributed by atoms with Crippen LogP contribution in [0.3, 0.4) is 0 Å². The Labute approximate surface area is 42.2 Å². The number of rotatable bonds is 4. The molecule has 0 aliphatic heterocycles. The summed E-state index contributed by atoms with van der Waals surface area (Å²) in [5, 5.41) is 0. The third-order valence-electron chi connectivity index (χ3n) is 0.423. The van der Waals surface area contributed by atoms with Gasteiger partial charge in [-0.15, -0.1) is 0 Å². The largest absolute Gasteiger partial charge is 0.359 e. The van der Waals surface area contributed by atoms with Gasteiger partial charge in [0.2, 0.25) is 0 Å². The topological polar surface area (TPSA) is 18.5 Å². The molecular formula is C4H9FO2. The summed E-state index contributed by atoms with van der Waals surface area (Å²) in [6.45, 7) is -0.124. The minimum Gasteiger partial charge on any atom is -0.359 e. The van der Waals surface area contributed by atoms with E-state index in [1.54, 1.807) is 0 Å². The van der Waals surface area contributed by atoms with Crippen molar-refractivity contribution in [3.05, 3.63) is 0 Å². The third-order valence-corrected chi connectivity index (χ3v) is 0.423. The number of halogens is 1. The summed E-state index contributed by atoms with van der Waals surface area (Å²) < 4.78 is 20.1. The molecular weight excluding hydrogens is 99.0 g/mol. The number of alkyl halides is 1. The van der Waals surface area contributed by atoms with Gasteiger partial charge in [-0.1, -0.05) is 0 Å². The first-order chi connectivity index (χ1) is 3.41. The molecule has 0 fully saturated rings. The summed E-state index contributed by atoms with van der Waals surface area (Å²) in [5.41, 5.74) is 0. The van der Waals surface area contributed by atoms with Crippen molar-refractivity contribution >= 4 is 0 Å². The standard InChI is InChI=1S/C4H9FO2/c1-6-4-7-3-2-5/h2-4H2,1H3. The summed E-state index contributed by atoms with van der Waals surface area (Å²) >= 11 is 0. The van der Waals surface area contributed by atoms with Crippen LogP contribution in [0.5, 0.6) is 0 Å².